The smallest absolute Gasteiger partial charge is 0.322 e. The average Bonchev–Trinajstić information content (AvgIpc) is 2.16. The van der Waals surface area contributed by atoms with Crippen LogP contribution in [0.15, 0.2) is 18.5 Å². The van der Waals surface area contributed by atoms with Crippen molar-refractivity contribution >= 4 is 5.97 Å². The van der Waals surface area contributed by atoms with Gasteiger partial charge in [0.05, 0.1) is 7.11 Å². The Bertz CT molecular complexity index is 326. The standard InChI is InChI=1S/C10H14N2O2/c1-7-3-8(6-12-5-7)4-9(11)10(13)14-2/h3,5-6,9H,4,11H2,1-2H3. The zero-order valence-electron chi connectivity index (χ0n) is 8.36. The van der Waals surface area contributed by atoms with Gasteiger partial charge >= 0.3 is 5.97 Å². The number of hydrogen-bond acceptors (Lipinski definition) is 4. The van der Waals surface area contributed by atoms with E-state index in [1.165, 1.54) is 7.11 Å². The van der Waals surface area contributed by atoms with Gasteiger partial charge in [-0.3, -0.25) is 9.78 Å². The molecule has 4 heteroatoms. The summed E-state index contributed by atoms with van der Waals surface area (Å²) in [6.45, 7) is 1.94. The second-order valence-corrected chi connectivity index (χ2v) is 3.20. The van der Waals surface area contributed by atoms with Crippen molar-refractivity contribution in [2.24, 2.45) is 5.73 Å². The maximum atomic E-state index is 11.0. The Balaban J connectivity index is 2.64. The molecule has 1 unspecified atom stereocenters. The zero-order valence-corrected chi connectivity index (χ0v) is 8.36. The van der Waals surface area contributed by atoms with Crippen molar-refractivity contribution in [3.63, 3.8) is 0 Å². The summed E-state index contributed by atoms with van der Waals surface area (Å²) in [5.41, 5.74) is 7.61. The van der Waals surface area contributed by atoms with Gasteiger partial charge in [-0.1, -0.05) is 6.07 Å². The first-order chi connectivity index (χ1) is 6.63. The number of esters is 1. The van der Waals surface area contributed by atoms with Gasteiger partial charge in [-0.25, -0.2) is 0 Å². The maximum Gasteiger partial charge on any atom is 0.322 e. The normalized spacial score (nSPS) is 12.2. The minimum absolute atomic E-state index is 0.397. The zero-order chi connectivity index (χ0) is 10.6. The summed E-state index contributed by atoms with van der Waals surface area (Å²) in [7, 11) is 1.33. The molecule has 0 radical (unpaired) electrons. The number of nitrogens with zero attached hydrogens (tertiary/aromatic N) is 1. The summed E-state index contributed by atoms with van der Waals surface area (Å²) in [5, 5.41) is 0. The number of methoxy groups -OCH3 is 1. The fourth-order valence-electron chi connectivity index (χ4n) is 1.22. The Hall–Kier alpha value is -1.42. The molecule has 0 amide bonds. The highest BCUT2D eigenvalue weighted by atomic mass is 16.5. The van der Waals surface area contributed by atoms with Crippen LogP contribution >= 0.6 is 0 Å². The van der Waals surface area contributed by atoms with Crippen LogP contribution in [0, 0.1) is 6.92 Å². The summed E-state index contributed by atoms with van der Waals surface area (Å²) in [4.78, 5) is 15.0. The van der Waals surface area contributed by atoms with Crippen LogP contribution in [0.1, 0.15) is 11.1 Å². The summed E-state index contributed by atoms with van der Waals surface area (Å²) >= 11 is 0. The van der Waals surface area contributed by atoms with Crippen LogP contribution < -0.4 is 5.73 Å². The molecule has 0 aliphatic carbocycles. The van der Waals surface area contributed by atoms with Gasteiger partial charge in [-0.2, -0.15) is 0 Å². The topological polar surface area (TPSA) is 65.2 Å². The molecule has 1 aromatic rings. The Morgan fingerprint density at radius 1 is 1.64 bits per heavy atom. The molecule has 0 spiro atoms. The molecular weight excluding hydrogens is 180 g/mol. The molecule has 14 heavy (non-hydrogen) atoms. The largest absolute Gasteiger partial charge is 0.468 e. The summed E-state index contributed by atoms with van der Waals surface area (Å²) < 4.78 is 4.53. The van der Waals surface area contributed by atoms with E-state index < -0.39 is 12.0 Å². The van der Waals surface area contributed by atoms with Crippen LogP contribution in [-0.4, -0.2) is 24.1 Å². The average molecular weight is 194 g/mol. The van der Waals surface area contributed by atoms with E-state index in [1.807, 2.05) is 13.0 Å². The maximum absolute atomic E-state index is 11.0. The van der Waals surface area contributed by atoms with Crippen molar-refractivity contribution < 1.29 is 9.53 Å². The Kier molecular flexibility index (Phi) is 3.59. The highest BCUT2D eigenvalue weighted by Crippen LogP contribution is 2.04. The second-order valence-electron chi connectivity index (χ2n) is 3.20. The number of pyridine rings is 1. The summed E-state index contributed by atoms with van der Waals surface area (Å²) in [6.07, 6.45) is 3.92. The predicted molar refractivity (Wildman–Crippen MR) is 52.7 cm³/mol. The Labute approximate surface area is 83.1 Å². The highest BCUT2D eigenvalue weighted by molar-refractivity contribution is 5.75. The lowest BCUT2D eigenvalue weighted by atomic mass is 10.1. The van der Waals surface area contributed by atoms with Crippen molar-refractivity contribution in [1.29, 1.82) is 0 Å². The first kappa shape index (κ1) is 10.7. The fourth-order valence-corrected chi connectivity index (χ4v) is 1.22. The number of hydrogen-bond donors (Lipinski definition) is 1. The fraction of sp³-hybridized carbons (Fsp3) is 0.400. The van der Waals surface area contributed by atoms with E-state index in [2.05, 4.69) is 9.72 Å². The lowest BCUT2D eigenvalue weighted by Crippen LogP contribution is -2.33. The number of aromatic nitrogens is 1. The molecule has 1 rings (SSSR count). The summed E-state index contributed by atoms with van der Waals surface area (Å²) in [6, 6.07) is 1.35. The summed E-state index contributed by atoms with van der Waals surface area (Å²) in [5.74, 6) is -0.397. The van der Waals surface area contributed by atoms with Crippen LogP contribution in [0.2, 0.25) is 0 Å². The van der Waals surface area contributed by atoms with E-state index >= 15 is 0 Å². The molecule has 0 bridgehead atoms. The number of nitrogens with two attached hydrogens (primary N) is 1. The molecule has 0 saturated carbocycles. The molecule has 0 saturated heterocycles. The van der Waals surface area contributed by atoms with Crippen molar-refractivity contribution in [3.8, 4) is 0 Å². The van der Waals surface area contributed by atoms with Crippen molar-refractivity contribution in [3.05, 3.63) is 29.6 Å². The van der Waals surface area contributed by atoms with Crippen molar-refractivity contribution in [1.82, 2.24) is 4.98 Å². The quantitative estimate of drug-likeness (QED) is 0.709. The minimum atomic E-state index is -0.608. The molecule has 1 heterocycles. The third kappa shape index (κ3) is 2.81. The number of ether oxygens (including phenoxy) is 1. The van der Waals surface area contributed by atoms with Crippen LogP contribution in [0.25, 0.3) is 0 Å². The monoisotopic (exact) mass is 194 g/mol. The Morgan fingerprint density at radius 2 is 2.36 bits per heavy atom. The van der Waals surface area contributed by atoms with E-state index in [4.69, 9.17) is 5.73 Å². The van der Waals surface area contributed by atoms with Gasteiger partial charge in [-0.15, -0.1) is 0 Å². The molecule has 2 N–H and O–H groups in total. The van der Waals surface area contributed by atoms with E-state index in [-0.39, 0.29) is 0 Å². The third-order valence-electron chi connectivity index (χ3n) is 1.89. The van der Waals surface area contributed by atoms with Gasteiger partial charge in [-0.05, 0) is 24.5 Å². The van der Waals surface area contributed by atoms with E-state index in [9.17, 15) is 4.79 Å². The molecule has 4 nitrogen and oxygen atoms in total. The predicted octanol–water partition coefficient (Wildman–Crippen LogP) is 0.433. The van der Waals surface area contributed by atoms with Crippen molar-refractivity contribution in [2.45, 2.75) is 19.4 Å². The SMILES string of the molecule is COC(=O)C(N)Cc1cncc(C)c1. The molecule has 76 valence electrons. The number of carbonyl (C=O) groups excluding carboxylic acids is 1. The molecule has 1 atom stereocenters. The first-order valence-electron chi connectivity index (χ1n) is 4.37. The van der Waals surface area contributed by atoms with Crippen LogP contribution in [0.3, 0.4) is 0 Å². The van der Waals surface area contributed by atoms with E-state index in [0.29, 0.717) is 6.42 Å². The van der Waals surface area contributed by atoms with Gasteiger partial charge in [0, 0.05) is 12.4 Å². The van der Waals surface area contributed by atoms with E-state index in [0.717, 1.165) is 11.1 Å². The van der Waals surface area contributed by atoms with E-state index in [1.54, 1.807) is 12.4 Å². The van der Waals surface area contributed by atoms with Crippen LogP contribution in [0.5, 0.6) is 0 Å². The molecule has 0 aliphatic rings. The van der Waals surface area contributed by atoms with Crippen molar-refractivity contribution in [2.75, 3.05) is 7.11 Å². The lowest BCUT2D eigenvalue weighted by Gasteiger charge is -2.08. The molecule has 0 aliphatic heterocycles. The molecular formula is C10H14N2O2. The van der Waals surface area contributed by atoms with Crippen LogP contribution in [-0.2, 0) is 16.0 Å². The Morgan fingerprint density at radius 3 is 2.93 bits per heavy atom. The second kappa shape index (κ2) is 4.72. The number of carbonyl (C=O) groups is 1. The van der Waals surface area contributed by atoms with Gasteiger partial charge < -0.3 is 10.5 Å². The van der Waals surface area contributed by atoms with Gasteiger partial charge in [0.15, 0.2) is 0 Å². The third-order valence-corrected chi connectivity index (χ3v) is 1.89. The molecule has 1 aromatic heterocycles. The first-order valence-corrected chi connectivity index (χ1v) is 4.37. The molecule has 0 fully saturated rings. The van der Waals surface area contributed by atoms with Gasteiger partial charge in [0.25, 0.3) is 0 Å². The van der Waals surface area contributed by atoms with Crippen LogP contribution in [0.4, 0.5) is 0 Å². The number of rotatable bonds is 3. The van der Waals surface area contributed by atoms with Gasteiger partial charge in [0.2, 0.25) is 0 Å². The number of aryl methyl sites for hydroxylation is 1. The lowest BCUT2D eigenvalue weighted by molar-refractivity contribution is -0.142. The highest BCUT2D eigenvalue weighted by Gasteiger charge is 2.14. The van der Waals surface area contributed by atoms with Gasteiger partial charge in [0.1, 0.15) is 6.04 Å². The molecule has 0 aromatic carbocycles. The minimum Gasteiger partial charge on any atom is -0.468 e.